The molecule has 0 saturated heterocycles. The van der Waals surface area contributed by atoms with Crippen molar-refractivity contribution in [2.75, 3.05) is 6.61 Å². The van der Waals surface area contributed by atoms with Crippen LogP contribution in [0.5, 0.6) is 17.2 Å². The summed E-state index contributed by atoms with van der Waals surface area (Å²) in [5, 5.41) is 0.585. The molecule has 1 unspecified atom stereocenters. The Bertz CT molecular complexity index is 582. The van der Waals surface area contributed by atoms with Gasteiger partial charge in [0.1, 0.15) is 17.2 Å². The molecule has 0 aromatic heterocycles. The molecule has 2 rings (SSSR count). The molecule has 1 atom stereocenters. The zero-order valence-corrected chi connectivity index (χ0v) is 13.1. The highest BCUT2D eigenvalue weighted by Crippen LogP contribution is 2.34. The first-order chi connectivity index (χ1) is 10.1. The zero-order chi connectivity index (χ0) is 15.2. The monoisotopic (exact) mass is 305 g/mol. The van der Waals surface area contributed by atoms with E-state index in [1.54, 1.807) is 0 Å². The second-order valence-corrected chi connectivity index (χ2v) is 5.32. The van der Waals surface area contributed by atoms with E-state index in [1.165, 1.54) is 0 Å². The first kappa shape index (κ1) is 15.7. The van der Waals surface area contributed by atoms with E-state index < -0.39 is 0 Å². The predicted molar refractivity (Wildman–Crippen MR) is 86.5 cm³/mol. The summed E-state index contributed by atoms with van der Waals surface area (Å²) in [7, 11) is 0. The molecule has 112 valence electrons. The van der Waals surface area contributed by atoms with Crippen molar-refractivity contribution in [1.29, 1.82) is 0 Å². The summed E-state index contributed by atoms with van der Waals surface area (Å²) < 4.78 is 11.3. The summed E-state index contributed by atoms with van der Waals surface area (Å²) in [4.78, 5) is 0. The highest BCUT2D eigenvalue weighted by atomic mass is 35.5. The second-order valence-electron chi connectivity index (χ2n) is 4.92. The van der Waals surface area contributed by atoms with Gasteiger partial charge < -0.3 is 15.2 Å². The summed E-state index contributed by atoms with van der Waals surface area (Å²) in [5.41, 5.74) is 6.88. The van der Waals surface area contributed by atoms with Gasteiger partial charge in [0, 0.05) is 6.04 Å². The van der Waals surface area contributed by atoms with E-state index in [-0.39, 0.29) is 6.04 Å². The minimum absolute atomic E-state index is 0.0474. The SMILES string of the molecule is CCOc1ccc(Oc2c(Cl)cccc2CC(C)N)cc1. The minimum atomic E-state index is 0.0474. The summed E-state index contributed by atoms with van der Waals surface area (Å²) in [5.74, 6) is 2.21. The normalized spacial score (nSPS) is 12.0. The van der Waals surface area contributed by atoms with Gasteiger partial charge in [-0.05, 0) is 56.2 Å². The van der Waals surface area contributed by atoms with Gasteiger partial charge in [-0.1, -0.05) is 23.7 Å². The third-order valence-corrected chi connectivity index (χ3v) is 3.24. The Kier molecular flexibility index (Phi) is 5.48. The van der Waals surface area contributed by atoms with Gasteiger partial charge in [0.15, 0.2) is 0 Å². The zero-order valence-electron chi connectivity index (χ0n) is 12.3. The lowest BCUT2D eigenvalue weighted by atomic mass is 10.1. The number of ether oxygens (including phenoxy) is 2. The Morgan fingerprint density at radius 1 is 1.10 bits per heavy atom. The fraction of sp³-hybridized carbons (Fsp3) is 0.294. The molecule has 3 nitrogen and oxygen atoms in total. The van der Waals surface area contributed by atoms with Crippen LogP contribution in [0.3, 0.4) is 0 Å². The molecule has 0 heterocycles. The van der Waals surface area contributed by atoms with Crippen molar-refractivity contribution in [2.45, 2.75) is 26.3 Å². The standard InChI is InChI=1S/C17H20ClNO2/c1-3-20-14-7-9-15(10-8-14)21-17-13(11-12(2)19)5-4-6-16(17)18/h4-10,12H,3,11,19H2,1-2H3. The van der Waals surface area contributed by atoms with Crippen LogP contribution in [0.2, 0.25) is 5.02 Å². The van der Waals surface area contributed by atoms with E-state index in [2.05, 4.69) is 0 Å². The molecule has 21 heavy (non-hydrogen) atoms. The predicted octanol–water partition coefficient (Wildman–Crippen LogP) is 4.42. The molecule has 0 aliphatic heterocycles. The molecule has 0 bridgehead atoms. The van der Waals surface area contributed by atoms with Gasteiger partial charge in [0.2, 0.25) is 0 Å². The first-order valence-corrected chi connectivity index (χ1v) is 7.41. The number of benzene rings is 2. The third kappa shape index (κ3) is 4.38. The van der Waals surface area contributed by atoms with Crippen LogP contribution < -0.4 is 15.2 Å². The minimum Gasteiger partial charge on any atom is -0.494 e. The van der Waals surface area contributed by atoms with E-state index >= 15 is 0 Å². The maximum Gasteiger partial charge on any atom is 0.149 e. The van der Waals surface area contributed by atoms with E-state index in [1.807, 2.05) is 56.3 Å². The molecule has 2 N–H and O–H groups in total. The Balaban J connectivity index is 2.22. The Hall–Kier alpha value is -1.71. The maximum atomic E-state index is 6.25. The lowest BCUT2D eigenvalue weighted by Gasteiger charge is -2.14. The highest BCUT2D eigenvalue weighted by molar-refractivity contribution is 6.32. The number of rotatable bonds is 6. The van der Waals surface area contributed by atoms with E-state index in [9.17, 15) is 0 Å². The van der Waals surface area contributed by atoms with Crippen LogP contribution in [0, 0.1) is 0 Å². The van der Waals surface area contributed by atoms with Gasteiger partial charge in [0.25, 0.3) is 0 Å². The molecular formula is C17H20ClNO2. The summed E-state index contributed by atoms with van der Waals surface area (Å²) in [6, 6.07) is 13.2. The highest BCUT2D eigenvalue weighted by Gasteiger charge is 2.11. The maximum absolute atomic E-state index is 6.25. The van der Waals surface area contributed by atoms with Gasteiger partial charge in [-0.2, -0.15) is 0 Å². The molecular weight excluding hydrogens is 286 g/mol. The number of para-hydroxylation sites is 1. The smallest absolute Gasteiger partial charge is 0.149 e. The van der Waals surface area contributed by atoms with Crippen LogP contribution in [0.15, 0.2) is 42.5 Å². The van der Waals surface area contributed by atoms with Gasteiger partial charge >= 0.3 is 0 Å². The summed E-state index contributed by atoms with van der Waals surface area (Å²) in [6.45, 7) is 4.55. The van der Waals surface area contributed by atoms with Crippen molar-refractivity contribution >= 4 is 11.6 Å². The lowest BCUT2D eigenvalue weighted by Crippen LogP contribution is -2.18. The molecule has 2 aromatic carbocycles. The van der Waals surface area contributed by atoms with Gasteiger partial charge in [0.05, 0.1) is 11.6 Å². The van der Waals surface area contributed by atoms with Crippen LogP contribution in [0.1, 0.15) is 19.4 Å². The molecule has 0 amide bonds. The van der Waals surface area contributed by atoms with Crippen LogP contribution in [-0.2, 0) is 6.42 Å². The van der Waals surface area contributed by atoms with E-state index in [0.717, 1.165) is 17.1 Å². The lowest BCUT2D eigenvalue weighted by molar-refractivity contribution is 0.339. The average Bonchev–Trinajstić information content (AvgIpc) is 2.44. The molecule has 0 aliphatic rings. The summed E-state index contributed by atoms with van der Waals surface area (Å²) >= 11 is 6.25. The van der Waals surface area contributed by atoms with Crippen LogP contribution in [-0.4, -0.2) is 12.6 Å². The largest absolute Gasteiger partial charge is 0.494 e. The van der Waals surface area contributed by atoms with Gasteiger partial charge in [-0.3, -0.25) is 0 Å². The van der Waals surface area contributed by atoms with Crippen molar-refractivity contribution in [1.82, 2.24) is 0 Å². The van der Waals surface area contributed by atoms with Gasteiger partial charge in [-0.25, -0.2) is 0 Å². The number of hydrogen-bond donors (Lipinski definition) is 1. The summed E-state index contributed by atoms with van der Waals surface area (Å²) in [6.07, 6.45) is 0.715. The van der Waals surface area contributed by atoms with Crippen molar-refractivity contribution in [3.05, 3.63) is 53.1 Å². The Labute approximate surface area is 130 Å². The number of halogens is 1. The van der Waals surface area contributed by atoms with Crippen molar-refractivity contribution < 1.29 is 9.47 Å². The van der Waals surface area contributed by atoms with E-state index in [4.69, 9.17) is 26.8 Å². The number of hydrogen-bond acceptors (Lipinski definition) is 3. The molecule has 0 radical (unpaired) electrons. The molecule has 0 saturated carbocycles. The van der Waals surface area contributed by atoms with Crippen molar-refractivity contribution in [3.63, 3.8) is 0 Å². The van der Waals surface area contributed by atoms with Crippen molar-refractivity contribution in [3.8, 4) is 17.2 Å². The Morgan fingerprint density at radius 2 is 1.76 bits per heavy atom. The molecule has 4 heteroatoms. The van der Waals surface area contributed by atoms with Gasteiger partial charge in [-0.15, -0.1) is 0 Å². The van der Waals surface area contributed by atoms with Crippen LogP contribution >= 0.6 is 11.6 Å². The molecule has 0 aliphatic carbocycles. The topological polar surface area (TPSA) is 44.5 Å². The average molecular weight is 306 g/mol. The molecule has 2 aromatic rings. The molecule has 0 spiro atoms. The molecule has 0 fully saturated rings. The quantitative estimate of drug-likeness (QED) is 0.859. The van der Waals surface area contributed by atoms with Crippen molar-refractivity contribution in [2.24, 2.45) is 5.73 Å². The van der Waals surface area contributed by atoms with Crippen LogP contribution in [0.25, 0.3) is 0 Å². The van der Waals surface area contributed by atoms with E-state index in [0.29, 0.717) is 23.8 Å². The number of nitrogens with two attached hydrogens (primary N) is 1. The fourth-order valence-electron chi connectivity index (χ4n) is 2.06. The van der Waals surface area contributed by atoms with Crippen LogP contribution in [0.4, 0.5) is 0 Å². The Morgan fingerprint density at radius 3 is 2.38 bits per heavy atom. The third-order valence-electron chi connectivity index (χ3n) is 2.95. The second kappa shape index (κ2) is 7.34. The fourth-order valence-corrected chi connectivity index (χ4v) is 2.30. The first-order valence-electron chi connectivity index (χ1n) is 7.04.